The SMILES string of the molecule is CC(S)C(C)OC(C)C(C)S. The second-order valence-electron chi connectivity index (χ2n) is 3.03. The van der Waals surface area contributed by atoms with Crippen LogP contribution in [0.4, 0.5) is 0 Å². The van der Waals surface area contributed by atoms with Gasteiger partial charge in [-0.15, -0.1) is 0 Å². The van der Waals surface area contributed by atoms with Crippen LogP contribution in [0.15, 0.2) is 0 Å². The maximum atomic E-state index is 5.62. The zero-order valence-electron chi connectivity index (χ0n) is 7.61. The molecule has 0 heterocycles. The minimum atomic E-state index is 0.197. The van der Waals surface area contributed by atoms with Gasteiger partial charge in [-0.3, -0.25) is 0 Å². The van der Waals surface area contributed by atoms with Crippen molar-refractivity contribution in [2.75, 3.05) is 0 Å². The molecular weight excluding hydrogens is 176 g/mol. The van der Waals surface area contributed by atoms with Crippen LogP contribution in [-0.4, -0.2) is 22.7 Å². The van der Waals surface area contributed by atoms with Crippen molar-refractivity contribution in [3.8, 4) is 0 Å². The summed E-state index contributed by atoms with van der Waals surface area (Å²) < 4.78 is 5.62. The standard InChI is InChI=1S/C8H18OS2/c1-5(7(3)10)9-6(2)8(4)11/h5-8,10-11H,1-4H3. The van der Waals surface area contributed by atoms with Crippen molar-refractivity contribution < 1.29 is 4.74 Å². The molecule has 11 heavy (non-hydrogen) atoms. The van der Waals surface area contributed by atoms with E-state index in [1.165, 1.54) is 0 Å². The molecule has 0 radical (unpaired) electrons. The Bertz CT molecular complexity index is 92.3. The van der Waals surface area contributed by atoms with Crippen LogP contribution in [0.1, 0.15) is 27.7 Å². The smallest absolute Gasteiger partial charge is 0.0664 e. The van der Waals surface area contributed by atoms with Gasteiger partial charge in [0.25, 0.3) is 0 Å². The largest absolute Gasteiger partial charge is 0.373 e. The van der Waals surface area contributed by atoms with Crippen molar-refractivity contribution in [1.82, 2.24) is 0 Å². The Hall–Kier alpha value is 0.660. The monoisotopic (exact) mass is 194 g/mol. The Labute approximate surface area is 80.7 Å². The zero-order chi connectivity index (χ0) is 9.02. The second kappa shape index (κ2) is 5.33. The molecule has 0 spiro atoms. The summed E-state index contributed by atoms with van der Waals surface area (Å²) in [7, 11) is 0. The van der Waals surface area contributed by atoms with Crippen LogP contribution >= 0.6 is 25.3 Å². The summed E-state index contributed by atoms with van der Waals surface area (Å²) >= 11 is 8.57. The van der Waals surface area contributed by atoms with E-state index in [4.69, 9.17) is 4.74 Å². The van der Waals surface area contributed by atoms with Gasteiger partial charge < -0.3 is 4.74 Å². The molecule has 4 unspecified atom stereocenters. The molecule has 1 nitrogen and oxygen atoms in total. The van der Waals surface area contributed by atoms with Crippen LogP contribution < -0.4 is 0 Å². The van der Waals surface area contributed by atoms with E-state index in [9.17, 15) is 0 Å². The van der Waals surface area contributed by atoms with Gasteiger partial charge in [0.15, 0.2) is 0 Å². The quantitative estimate of drug-likeness (QED) is 0.654. The normalized spacial score (nSPS) is 22.4. The number of hydrogen-bond donors (Lipinski definition) is 2. The summed E-state index contributed by atoms with van der Waals surface area (Å²) in [6.45, 7) is 8.13. The third kappa shape index (κ3) is 4.99. The Morgan fingerprint density at radius 3 is 1.27 bits per heavy atom. The van der Waals surface area contributed by atoms with Crippen molar-refractivity contribution >= 4 is 25.3 Å². The minimum absolute atomic E-state index is 0.197. The number of rotatable bonds is 4. The second-order valence-corrected chi connectivity index (χ2v) is 4.66. The summed E-state index contributed by atoms with van der Waals surface area (Å²) in [5.41, 5.74) is 0. The van der Waals surface area contributed by atoms with Gasteiger partial charge >= 0.3 is 0 Å². The fourth-order valence-corrected chi connectivity index (χ4v) is 0.707. The molecule has 0 bridgehead atoms. The first-order valence-corrected chi connectivity index (χ1v) is 5.00. The highest BCUT2D eigenvalue weighted by molar-refractivity contribution is 7.81. The molecule has 0 aliphatic rings. The van der Waals surface area contributed by atoms with E-state index in [-0.39, 0.29) is 22.7 Å². The lowest BCUT2D eigenvalue weighted by Crippen LogP contribution is -2.28. The highest BCUT2D eigenvalue weighted by Crippen LogP contribution is 2.12. The van der Waals surface area contributed by atoms with E-state index >= 15 is 0 Å². The Kier molecular flexibility index (Phi) is 5.65. The molecule has 0 saturated heterocycles. The van der Waals surface area contributed by atoms with Gasteiger partial charge in [-0.05, 0) is 13.8 Å². The van der Waals surface area contributed by atoms with Crippen LogP contribution in [-0.2, 0) is 4.74 Å². The first kappa shape index (κ1) is 11.7. The average molecular weight is 194 g/mol. The lowest BCUT2D eigenvalue weighted by Gasteiger charge is -2.23. The third-order valence-corrected chi connectivity index (χ3v) is 2.63. The Balaban J connectivity index is 3.66. The Morgan fingerprint density at radius 2 is 1.09 bits per heavy atom. The lowest BCUT2D eigenvalue weighted by molar-refractivity contribution is 0.0117. The molecule has 0 amide bonds. The molecule has 0 fully saturated rings. The molecular formula is C8H18OS2. The van der Waals surface area contributed by atoms with Crippen LogP contribution in [0.2, 0.25) is 0 Å². The van der Waals surface area contributed by atoms with Crippen molar-refractivity contribution in [2.24, 2.45) is 0 Å². The van der Waals surface area contributed by atoms with Gasteiger partial charge in [0.05, 0.1) is 12.2 Å². The van der Waals surface area contributed by atoms with Crippen LogP contribution in [0.3, 0.4) is 0 Å². The summed E-state index contributed by atoms with van der Waals surface area (Å²) in [6, 6.07) is 0. The fraction of sp³-hybridized carbons (Fsp3) is 1.00. The van der Waals surface area contributed by atoms with Crippen molar-refractivity contribution in [2.45, 2.75) is 50.4 Å². The molecule has 0 aliphatic heterocycles. The molecule has 0 aliphatic carbocycles. The van der Waals surface area contributed by atoms with Crippen molar-refractivity contribution in [1.29, 1.82) is 0 Å². The van der Waals surface area contributed by atoms with Gasteiger partial charge in [0.1, 0.15) is 0 Å². The van der Waals surface area contributed by atoms with E-state index < -0.39 is 0 Å². The first-order valence-electron chi connectivity index (χ1n) is 3.96. The predicted molar refractivity (Wildman–Crippen MR) is 56.9 cm³/mol. The van der Waals surface area contributed by atoms with Gasteiger partial charge in [0, 0.05) is 10.5 Å². The van der Waals surface area contributed by atoms with E-state index in [1.807, 2.05) is 27.7 Å². The maximum Gasteiger partial charge on any atom is 0.0664 e. The van der Waals surface area contributed by atoms with Gasteiger partial charge in [-0.25, -0.2) is 0 Å². The average Bonchev–Trinajstić information content (AvgIpc) is 1.87. The van der Waals surface area contributed by atoms with Gasteiger partial charge in [-0.2, -0.15) is 25.3 Å². The molecule has 0 saturated carbocycles. The van der Waals surface area contributed by atoms with Crippen molar-refractivity contribution in [3.63, 3.8) is 0 Å². The van der Waals surface area contributed by atoms with Crippen molar-refractivity contribution in [3.05, 3.63) is 0 Å². The molecule has 0 N–H and O–H groups in total. The number of hydrogen-bond acceptors (Lipinski definition) is 3. The predicted octanol–water partition coefficient (Wildman–Crippen LogP) is 2.42. The number of thiol groups is 2. The van der Waals surface area contributed by atoms with Crippen LogP contribution in [0, 0.1) is 0 Å². The molecule has 0 aromatic carbocycles. The molecule has 0 rings (SSSR count). The summed E-state index contributed by atoms with van der Waals surface area (Å²) in [4.78, 5) is 0. The molecule has 0 aromatic heterocycles. The number of ether oxygens (including phenoxy) is 1. The topological polar surface area (TPSA) is 9.23 Å². The van der Waals surface area contributed by atoms with E-state index in [2.05, 4.69) is 25.3 Å². The minimum Gasteiger partial charge on any atom is -0.373 e. The van der Waals surface area contributed by atoms with E-state index in [0.717, 1.165) is 0 Å². The summed E-state index contributed by atoms with van der Waals surface area (Å²) in [6.07, 6.45) is 0.394. The summed E-state index contributed by atoms with van der Waals surface area (Å²) in [5, 5.41) is 0.564. The van der Waals surface area contributed by atoms with Crippen LogP contribution in [0.25, 0.3) is 0 Å². The zero-order valence-corrected chi connectivity index (χ0v) is 9.40. The molecule has 68 valence electrons. The highest BCUT2D eigenvalue weighted by Gasteiger charge is 2.14. The van der Waals surface area contributed by atoms with Gasteiger partial charge in [0.2, 0.25) is 0 Å². The van der Waals surface area contributed by atoms with E-state index in [1.54, 1.807) is 0 Å². The van der Waals surface area contributed by atoms with Gasteiger partial charge in [-0.1, -0.05) is 13.8 Å². The lowest BCUT2D eigenvalue weighted by atomic mass is 10.2. The van der Waals surface area contributed by atoms with Crippen LogP contribution in [0.5, 0.6) is 0 Å². The van der Waals surface area contributed by atoms with E-state index in [0.29, 0.717) is 0 Å². The fourth-order valence-electron chi connectivity index (χ4n) is 0.566. The molecule has 0 aromatic rings. The molecule has 4 atom stereocenters. The maximum absolute atomic E-state index is 5.62. The highest BCUT2D eigenvalue weighted by atomic mass is 32.1. The summed E-state index contributed by atoms with van der Waals surface area (Å²) in [5.74, 6) is 0. The third-order valence-electron chi connectivity index (χ3n) is 1.79. The first-order chi connectivity index (χ1) is 4.95. The molecule has 3 heteroatoms. The Morgan fingerprint density at radius 1 is 0.818 bits per heavy atom.